The zero-order valence-corrected chi connectivity index (χ0v) is 41.1. The number of nitrogens with zero attached hydrogens (tertiary/aromatic N) is 3. The molecule has 0 radical (unpaired) electrons. The highest BCUT2D eigenvalue weighted by atomic mass is 32.1. The molecule has 4 nitrogen and oxygen atoms in total. The quantitative estimate of drug-likeness (QED) is 0.167. The molecule has 0 amide bonds. The minimum atomic E-state index is -0.387. The van der Waals surface area contributed by atoms with Crippen molar-refractivity contribution in [3.8, 4) is 89.8 Å². The van der Waals surface area contributed by atoms with E-state index < -0.39 is 0 Å². The molecule has 14 aromatic rings. The van der Waals surface area contributed by atoms with Crippen LogP contribution in [-0.4, -0.2) is 15.0 Å². The van der Waals surface area contributed by atoms with Crippen LogP contribution >= 0.6 is 11.3 Å². The lowest BCUT2D eigenvalue weighted by Crippen LogP contribution is -2.25. The van der Waals surface area contributed by atoms with Gasteiger partial charge in [-0.15, -0.1) is 11.3 Å². The Kier molecular flexibility index (Phi) is 9.09. The summed E-state index contributed by atoms with van der Waals surface area (Å²) in [5.74, 6) is 1.82. The van der Waals surface area contributed by atoms with Gasteiger partial charge in [-0.1, -0.05) is 212 Å². The molecule has 5 heteroatoms. The summed E-state index contributed by atoms with van der Waals surface area (Å²) in [5, 5.41) is 4.31. The van der Waals surface area contributed by atoms with Gasteiger partial charge in [0.25, 0.3) is 0 Å². The molecule has 0 unspecified atom stereocenters. The number of fused-ring (bicyclic) bond motifs is 16. The first-order valence-corrected chi connectivity index (χ1v) is 26.3. The second-order valence-electron chi connectivity index (χ2n) is 19.7. The maximum absolute atomic E-state index is 6.66. The van der Waals surface area contributed by atoms with E-state index >= 15 is 0 Å². The van der Waals surface area contributed by atoms with Crippen LogP contribution in [-0.2, 0) is 5.41 Å². The summed E-state index contributed by atoms with van der Waals surface area (Å²) < 4.78 is 9.08. The molecule has 3 aromatic heterocycles. The summed E-state index contributed by atoms with van der Waals surface area (Å²) in [6.07, 6.45) is 0. The zero-order valence-electron chi connectivity index (χ0n) is 40.3. The van der Waals surface area contributed by atoms with E-state index in [2.05, 4.69) is 231 Å². The Morgan fingerprint density at radius 2 is 0.800 bits per heavy atom. The van der Waals surface area contributed by atoms with Crippen LogP contribution in [0, 0.1) is 0 Å². The van der Waals surface area contributed by atoms with Gasteiger partial charge >= 0.3 is 0 Å². The Morgan fingerprint density at radius 3 is 1.59 bits per heavy atom. The lowest BCUT2D eigenvalue weighted by atomic mass is 9.70. The van der Waals surface area contributed by atoms with Gasteiger partial charge in [-0.25, -0.2) is 15.0 Å². The predicted molar refractivity (Wildman–Crippen MR) is 309 cm³/mol. The summed E-state index contributed by atoms with van der Waals surface area (Å²) in [4.78, 5) is 16.0. The SMILES string of the molecule is c1ccc(-c2cccc(-c3nc(-c4cccc5oc6ccc(-c7ccc(-c8cccc9c8-c8ccccc8C98c9ccccc9-c9ccccc98)cc7)cc6c45)nc(-c4cccc5sc6ccccc6c45)n3)c2)cc1. The summed E-state index contributed by atoms with van der Waals surface area (Å²) in [6, 6.07) is 89.8. The highest BCUT2D eigenvalue weighted by Gasteiger charge is 2.52. The molecule has 2 aliphatic carbocycles. The highest BCUT2D eigenvalue weighted by Crippen LogP contribution is 2.64. The Balaban J connectivity index is 0.830. The van der Waals surface area contributed by atoms with Crippen molar-refractivity contribution >= 4 is 53.4 Å². The van der Waals surface area contributed by atoms with Crippen LogP contribution < -0.4 is 0 Å². The minimum Gasteiger partial charge on any atom is -0.456 e. The fraction of sp³-hybridized carbons (Fsp3) is 0.0143. The number of hydrogen-bond acceptors (Lipinski definition) is 5. The third-order valence-electron chi connectivity index (χ3n) is 15.8. The molecule has 75 heavy (non-hydrogen) atoms. The minimum absolute atomic E-state index is 0.387. The first kappa shape index (κ1) is 42.0. The van der Waals surface area contributed by atoms with E-state index in [1.807, 2.05) is 18.2 Å². The molecular weight excluding hydrogens is 931 g/mol. The van der Waals surface area contributed by atoms with Crippen LogP contribution in [0.4, 0.5) is 0 Å². The van der Waals surface area contributed by atoms with Crippen LogP contribution in [0.25, 0.3) is 132 Å². The van der Waals surface area contributed by atoms with E-state index in [4.69, 9.17) is 19.4 Å². The number of benzene rings is 11. The molecule has 16 rings (SSSR count). The van der Waals surface area contributed by atoms with E-state index in [1.54, 1.807) is 11.3 Å². The summed E-state index contributed by atoms with van der Waals surface area (Å²) >= 11 is 1.79. The van der Waals surface area contributed by atoms with E-state index in [0.29, 0.717) is 17.5 Å². The lowest BCUT2D eigenvalue weighted by molar-refractivity contribution is 0.669. The lowest BCUT2D eigenvalue weighted by Gasteiger charge is -2.30. The van der Waals surface area contributed by atoms with Crippen molar-refractivity contribution in [2.45, 2.75) is 5.41 Å². The number of furan rings is 1. The van der Waals surface area contributed by atoms with Gasteiger partial charge in [0.1, 0.15) is 11.2 Å². The second-order valence-corrected chi connectivity index (χ2v) is 20.8. The first-order chi connectivity index (χ1) is 37.2. The number of rotatable bonds is 6. The highest BCUT2D eigenvalue weighted by molar-refractivity contribution is 7.25. The summed E-state index contributed by atoms with van der Waals surface area (Å²) in [5.41, 5.74) is 21.4. The Labute approximate surface area is 436 Å². The molecular formula is C70H41N3OS. The number of aromatic nitrogens is 3. The predicted octanol–water partition coefficient (Wildman–Crippen LogP) is 18.5. The van der Waals surface area contributed by atoms with Crippen LogP contribution in [0.3, 0.4) is 0 Å². The maximum Gasteiger partial charge on any atom is 0.164 e. The fourth-order valence-electron chi connectivity index (χ4n) is 12.6. The fourth-order valence-corrected chi connectivity index (χ4v) is 13.7. The van der Waals surface area contributed by atoms with Crippen molar-refractivity contribution in [2.24, 2.45) is 0 Å². The standard InChI is InChI=1S/C70H41N3OS/c1-2-16-42(17-3-1)45-18-12-19-47(40-45)67-71-68(73-69(72-67)54-26-15-33-63-66(54)52-23-7-11-32-62(52)75-63)53-25-14-31-61-65(53)55-41-46(38-39-60(55)74-61)43-34-36-44(37-35-43)48-24-13-30-59-64(48)51-22-6-10-29-58(51)70(59)56-27-8-4-20-49(56)50-21-5-9-28-57(50)70/h1-41H. The van der Waals surface area contributed by atoms with Crippen molar-refractivity contribution in [1.82, 2.24) is 15.0 Å². The van der Waals surface area contributed by atoms with Gasteiger partial charge in [0.05, 0.1) is 5.41 Å². The normalized spacial score (nSPS) is 12.9. The van der Waals surface area contributed by atoms with Gasteiger partial charge in [0, 0.05) is 47.6 Å². The molecule has 0 fully saturated rings. The van der Waals surface area contributed by atoms with E-state index in [9.17, 15) is 0 Å². The van der Waals surface area contributed by atoms with Gasteiger partial charge in [0.2, 0.25) is 0 Å². The molecule has 2 aliphatic rings. The third-order valence-corrected chi connectivity index (χ3v) is 16.9. The van der Waals surface area contributed by atoms with E-state index in [0.717, 1.165) is 66.3 Å². The largest absolute Gasteiger partial charge is 0.456 e. The van der Waals surface area contributed by atoms with Crippen molar-refractivity contribution in [3.05, 3.63) is 271 Å². The molecule has 11 aromatic carbocycles. The van der Waals surface area contributed by atoms with Gasteiger partial charge in [0.15, 0.2) is 17.5 Å². The summed E-state index contributed by atoms with van der Waals surface area (Å²) in [6.45, 7) is 0. The molecule has 348 valence electrons. The maximum atomic E-state index is 6.66. The molecule has 1 spiro atoms. The van der Waals surface area contributed by atoms with Gasteiger partial charge in [-0.3, -0.25) is 0 Å². The second kappa shape index (κ2) is 16.2. The van der Waals surface area contributed by atoms with Crippen molar-refractivity contribution in [2.75, 3.05) is 0 Å². The molecule has 0 atom stereocenters. The molecule has 0 saturated heterocycles. The zero-order chi connectivity index (χ0) is 49.2. The Bertz CT molecular complexity index is 4620. The van der Waals surface area contributed by atoms with Crippen molar-refractivity contribution in [3.63, 3.8) is 0 Å². The van der Waals surface area contributed by atoms with Gasteiger partial charge in [-0.2, -0.15) is 0 Å². The van der Waals surface area contributed by atoms with Gasteiger partial charge in [-0.05, 0) is 114 Å². The van der Waals surface area contributed by atoms with Gasteiger partial charge < -0.3 is 4.42 Å². The number of thiophene rings is 1. The summed E-state index contributed by atoms with van der Waals surface area (Å²) in [7, 11) is 0. The Hall–Kier alpha value is -9.55. The smallest absolute Gasteiger partial charge is 0.164 e. The average Bonchev–Trinajstić information content (AvgIpc) is 4.26. The molecule has 0 N–H and O–H groups in total. The van der Waals surface area contributed by atoms with Crippen LogP contribution in [0.15, 0.2) is 253 Å². The molecule has 0 aliphatic heterocycles. The molecule has 0 bridgehead atoms. The molecule has 0 saturated carbocycles. The van der Waals surface area contributed by atoms with E-state index in [1.165, 1.54) is 70.4 Å². The first-order valence-electron chi connectivity index (χ1n) is 25.5. The van der Waals surface area contributed by atoms with Crippen LogP contribution in [0.5, 0.6) is 0 Å². The van der Waals surface area contributed by atoms with Crippen molar-refractivity contribution < 1.29 is 4.42 Å². The third kappa shape index (κ3) is 6.19. The Morgan fingerprint density at radius 1 is 0.293 bits per heavy atom. The number of hydrogen-bond donors (Lipinski definition) is 0. The molecule has 3 heterocycles. The van der Waals surface area contributed by atoms with Crippen LogP contribution in [0.2, 0.25) is 0 Å². The van der Waals surface area contributed by atoms with E-state index in [-0.39, 0.29) is 5.41 Å². The van der Waals surface area contributed by atoms with Crippen LogP contribution in [0.1, 0.15) is 22.3 Å². The topological polar surface area (TPSA) is 51.8 Å². The monoisotopic (exact) mass is 971 g/mol. The average molecular weight is 972 g/mol. The van der Waals surface area contributed by atoms with Crippen molar-refractivity contribution in [1.29, 1.82) is 0 Å².